The van der Waals surface area contributed by atoms with Gasteiger partial charge in [0.25, 0.3) is 0 Å². The molecule has 3 aromatic rings. The van der Waals surface area contributed by atoms with Crippen molar-refractivity contribution >= 4 is 70.8 Å². The van der Waals surface area contributed by atoms with Crippen LogP contribution in [0.15, 0.2) is 59.7 Å². The highest BCUT2D eigenvalue weighted by Gasteiger charge is 2.30. The zero-order valence-electron chi connectivity index (χ0n) is 18.7. The predicted molar refractivity (Wildman–Crippen MR) is 147 cm³/mol. The van der Waals surface area contributed by atoms with Crippen molar-refractivity contribution in [2.24, 2.45) is 4.99 Å². The van der Waals surface area contributed by atoms with Gasteiger partial charge in [0, 0.05) is 42.4 Å². The first-order chi connectivity index (χ1) is 14.7. The summed E-state index contributed by atoms with van der Waals surface area (Å²) in [7, 11) is 2.24. The SMILES string of the molecule is Cc1cc2c(s1)Nc1ccccc1N=C2N1CCN(C)[C@@H](CCc2ccccn2)C1.Cl.Cl.Cl. The summed E-state index contributed by atoms with van der Waals surface area (Å²) >= 11 is 1.81. The third-order valence-corrected chi connectivity index (χ3v) is 6.98. The number of rotatable bonds is 3. The molecular weight excluding hydrogens is 497 g/mol. The molecule has 33 heavy (non-hydrogen) atoms. The van der Waals surface area contributed by atoms with E-state index in [1.807, 2.05) is 12.3 Å². The molecule has 0 spiro atoms. The fourth-order valence-corrected chi connectivity index (χ4v) is 5.22. The van der Waals surface area contributed by atoms with Crippen LogP contribution >= 0.6 is 48.6 Å². The lowest BCUT2D eigenvalue weighted by Gasteiger charge is -2.41. The van der Waals surface area contributed by atoms with Gasteiger partial charge >= 0.3 is 0 Å². The van der Waals surface area contributed by atoms with E-state index in [1.165, 1.54) is 21.1 Å². The number of anilines is 2. The number of nitrogens with one attached hydrogen (secondary N) is 1. The summed E-state index contributed by atoms with van der Waals surface area (Å²) in [4.78, 5) is 15.9. The molecule has 0 amide bonds. The fraction of sp³-hybridized carbons (Fsp3) is 0.333. The van der Waals surface area contributed by atoms with Crippen molar-refractivity contribution in [1.29, 1.82) is 0 Å². The number of aliphatic imine (C=N–C) groups is 1. The fourth-order valence-electron chi connectivity index (χ4n) is 4.30. The Hall–Kier alpha value is -1.83. The van der Waals surface area contributed by atoms with E-state index in [2.05, 4.69) is 76.5 Å². The van der Waals surface area contributed by atoms with Crippen molar-refractivity contribution in [2.45, 2.75) is 25.8 Å². The molecule has 0 saturated carbocycles. The predicted octanol–water partition coefficient (Wildman–Crippen LogP) is 6.10. The van der Waals surface area contributed by atoms with Gasteiger partial charge in [0.1, 0.15) is 10.8 Å². The summed E-state index contributed by atoms with van der Waals surface area (Å²) in [5, 5.41) is 4.81. The molecular formula is C24H30Cl3N5S. The number of aryl methyl sites for hydroxylation is 2. The highest BCUT2D eigenvalue weighted by Crippen LogP contribution is 2.39. The van der Waals surface area contributed by atoms with Crippen LogP contribution in [0.3, 0.4) is 0 Å². The monoisotopic (exact) mass is 525 g/mol. The number of pyridine rings is 1. The van der Waals surface area contributed by atoms with Crippen LogP contribution in [0.5, 0.6) is 0 Å². The van der Waals surface area contributed by atoms with Gasteiger partial charge in [-0.15, -0.1) is 48.6 Å². The standard InChI is InChI=1S/C24H27N5S.3ClH/c1-17-15-20-23(26-21-8-3-4-9-22(21)27-24(20)30-17)29-14-13-28(2)19(16-29)11-10-18-7-5-6-12-25-18;;;/h3-9,12,15,19,27H,10-11,13-14,16H2,1-2H3;3*1H/t19-;;;/m0.../s1. The Kier molecular flexibility index (Phi) is 10.0. The van der Waals surface area contributed by atoms with E-state index >= 15 is 0 Å². The Labute approximate surface area is 218 Å². The minimum Gasteiger partial charge on any atom is -0.353 e. The van der Waals surface area contributed by atoms with Gasteiger partial charge in [-0.05, 0) is 57.1 Å². The Bertz CT molecular complexity index is 1070. The molecule has 1 fully saturated rings. The first-order valence-corrected chi connectivity index (χ1v) is 11.4. The van der Waals surface area contributed by atoms with Crippen molar-refractivity contribution in [1.82, 2.24) is 14.8 Å². The zero-order valence-corrected chi connectivity index (χ0v) is 22.0. The zero-order chi connectivity index (χ0) is 20.5. The number of amidine groups is 1. The molecule has 1 aromatic carbocycles. The van der Waals surface area contributed by atoms with E-state index in [0.717, 1.165) is 49.7 Å². The van der Waals surface area contributed by atoms with Crippen LogP contribution in [0.1, 0.15) is 22.6 Å². The molecule has 0 radical (unpaired) electrons. The van der Waals surface area contributed by atoms with E-state index in [9.17, 15) is 0 Å². The van der Waals surface area contributed by atoms with Crippen LogP contribution in [0, 0.1) is 6.92 Å². The molecule has 2 aromatic heterocycles. The number of piperazine rings is 1. The maximum atomic E-state index is 5.15. The van der Waals surface area contributed by atoms with Crippen molar-refractivity contribution in [3.8, 4) is 0 Å². The molecule has 0 unspecified atom stereocenters. The first kappa shape index (κ1) is 27.4. The molecule has 2 aliphatic rings. The number of likely N-dealkylation sites (N-methyl/N-ethyl adjacent to an activating group) is 1. The number of hydrogen-bond donors (Lipinski definition) is 1. The van der Waals surface area contributed by atoms with Gasteiger partial charge in [-0.2, -0.15) is 0 Å². The van der Waals surface area contributed by atoms with Gasteiger partial charge < -0.3 is 10.2 Å². The molecule has 1 saturated heterocycles. The van der Waals surface area contributed by atoms with Crippen molar-refractivity contribution in [3.05, 3.63) is 70.9 Å². The van der Waals surface area contributed by atoms with Gasteiger partial charge in [0.15, 0.2) is 0 Å². The average molecular weight is 527 g/mol. The van der Waals surface area contributed by atoms with Crippen LogP contribution in [0.2, 0.25) is 0 Å². The highest BCUT2D eigenvalue weighted by atomic mass is 35.5. The normalized spacial score (nSPS) is 17.1. The van der Waals surface area contributed by atoms with E-state index in [1.54, 1.807) is 11.3 Å². The molecule has 178 valence electrons. The van der Waals surface area contributed by atoms with Crippen LogP contribution < -0.4 is 5.32 Å². The maximum Gasteiger partial charge on any atom is 0.139 e. The summed E-state index contributed by atoms with van der Waals surface area (Å²) in [6, 6.07) is 17.3. The molecule has 9 heteroatoms. The Balaban J connectivity index is 0.00000128. The molecule has 5 rings (SSSR count). The second kappa shape index (κ2) is 12.0. The third-order valence-electron chi connectivity index (χ3n) is 6.01. The smallest absolute Gasteiger partial charge is 0.139 e. The maximum absolute atomic E-state index is 5.15. The molecule has 0 aliphatic carbocycles. The third kappa shape index (κ3) is 6.00. The second-order valence-corrected chi connectivity index (χ2v) is 9.37. The first-order valence-electron chi connectivity index (χ1n) is 10.6. The summed E-state index contributed by atoms with van der Waals surface area (Å²) in [5.41, 5.74) is 4.49. The van der Waals surface area contributed by atoms with Gasteiger partial charge in [-0.25, -0.2) is 4.99 Å². The van der Waals surface area contributed by atoms with Gasteiger partial charge in [0.2, 0.25) is 0 Å². The minimum atomic E-state index is 0. The number of para-hydroxylation sites is 2. The summed E-state index contributed by atoms with van der Waals surface area (Å²) in [6.07, 6.45) is 3.99. The quantitative estimate of drug-likeness (QED) is 0.448. The molecule has 4 heterocycles. The van der Waals surface area contributed by atoms with Gasteiger partial charge in [0.05, 0.1) is 16.9 Å². The van der Waals surface area contributed by atoms with E-state index in [0.29, 0.717) is 6.04 Å². The van der Waals surface area contributed by atoms with Crippen LogP contribution in [0.25, 0.3) is 0 Å². The topological polar surface area (TPSA) is 43.8 Å². The number of halogens is 3. The Morgan fingerprint density at radius 1 is 1.06 bits per heavy atom. The van der Waals surface area contributed by atoms with E-state index in [-0.39, 0.29) is 37.2 Å². The van der Waals surface area contributed by atoms with Crippen LogP contribution in [-0.2, 0) is 6.42 Å². The molecule has 0 bridgehead atoms. The van der Waals surface area contributed by atoms with Crippen LogP contribution in [-0.4, -0.2) is 53.3 Å². The average Bonchev–Trinajstić information content (AvgIpc) is 3.05. The largest absolute Gasteiger partial charge is 0.353 e. The molecule has 1 atom stereocenters. The molecule has 1 N–H and O–H groups in total. The number of thiophene rings is 1. The van der Waals surface area contributed by atoms with Crippen LogP contribution in [0.4, 0.5) is 16.4 Å². The lowest BCUT2D eigenvalue weighted by molar-refractivity contribution is 0.134. The van der Waals surface area contributed by atoms with Crippen molar-refractivity contribution < 1.29 is 0 Å². The number of nitrogens with zero attached hydrogens (tertiary/aromatic N) is 4. The number of hydrogen-bond acceptors (Lipinski definition) is 6. The lowest BCUT2D eigenvalue weighted by atomic mass is 10.0. The Morgan fingerprint density at radius 2 is 1.85 bits per heavy atom. The summed E-state index contributed by atoms with van der Waals surface area (Å²) in [5.74, 6) is 1.10. The van der Waals surface area contributed by atoms with E-state index in [4.69, 9.17) is 4.99 Å². The van der Waals surface area contributed by atoms with Gasteiger partial charge in [-0.3, -0.25) is 9.88 Å². The lowest BCUT2D eigenvalue weighted by Crippen LogP contribution is -2.53. The minimum absolute atomic E-state index is 0. The number of fused-ring (bicyclic) bond motifs is 2. The Morgan fingerprint density at radius 3 is 2.64 bits per heavy atom. The molecule has 2 aliphatic heterocycles. The highest BCUT2D eigenvalue weighted by molar-refractivity contribution is 7.16. The number of benzene rings is 1. The summed E-state index contributed by atoms with van der Waals surface area (Å²) < 4.78 is 0. The second-order valence-electron chi connectivity index (χ2n) is 8.12. The number of aromatic nitrogens is 1. The van der Waals surface area contributed by atoms with Crippen molar-refractivity contribution in [2.75, 3.05) is 32.0 Å². The molecule has 5 nitrogen and oxygen atoms in total. The summed E-state index contributed by atoms with van der Waals surface area (Å²) in [6.45, 7) is 5.19. The van der Waals surface area contributed by atoms with Gasteiger partial charge in [-0.1, -0.05) is 18.2 Å². The van der Waals surface area contributed by atoms with E-state index < -0.39 is 0 Å². The van der Waals surface area contributed by atoms with Crippen molar-refractivity contribution in [3.63, 3.8) is 0 Å².